The SMILES string of the molecule is COc1ccc(OC)c(N(CC(=O)N(Cc2cccc(Cl)c2)C(C)C(=O)NC2CCCC2)S(C)(=O)=O)c1. The average molecular weight is 552 g/mol. The van der Waals surface area contributed by atoms with E-state index in [0.29, 0.717) is 16.3 Å². The number of methoxy groups -OCH3 is 2. The Bertz CT molecular complexity index is 1220. The van der Waals surface area contributed by atoms with Crippen LogP contribution in [0.2, 0.25) is 5.02 Å². The summed E-state index contributed by atoms with van der Waals surface area (Å²) in [6, 6.07) is 10.9. The van der Waals surface area contributed by atoms with E-state index in [2.05, 4.69) is 5.32 Å². The van der Waals surface area contributed by atoms with Gasteiger partial charge in [-0.2, -0.15) is 0 Å². The average Bonchev–Trinajstić information content (AvgIpc) is 3.37. The molecular weight excluding hydrogens is 518 g/mol. The second-order valence-electron chi connectivity index (χ2n) is 9.12. The summed E-state index contributed by atoms with van der Waals surface area (Å²) in [5, 5.41) is 3.52. The molecule has 1 saturated carbocycles. The van der Waals surface area contributed by atoms with Crippen molar-refractivity contribution in [3.05, 3.63) is 53.1 Å². The number of rotatable bonds is 11. The van der Waals surface area contributed by atoms with Crippen LogP contribution < -0.4 is 19.1 Å². The molecule has 0 aliphatic heterocycles. The number of nitrogens with one attached hydrogen (secondary N) is 1. The molecule has 1 unspecified atom stereocenters. The summed E-state index contributed by atoms with van der Waals surface area (Å²) in [5.41, 5.74) is 0.870. The largest absolute Gasteiger partial charge is 0.497 e. The molecule has 0 heterocycles. The maximum atomic E-state index is 13.7. The van der Waals surface area contributed by atoms with Crippen LogP contribution in [-0.4, -0.2) is 64.2 Å². The van der Waals surface area contributed by atoms with Gasteiger partial charge in [0.1, 0.15) is 24.1 Å². The Morgan fingerprint density at radius 1 is 1.11 bits per heavy atom. The number of anilines is 1. The van der Waals surface area contributed by atoms with Crippen molar-refractivity contribution in [2.45, 2.75) is 51.2 Å². The van der Waals surface area contributed by atoms with E-state index in [1.165, 1.54) is 25.2 Å². The van der Waals surface area contributed by atoms with Crippen molar-refractivity contribution < 1.29 is 27.5 Å². The van der Waals surface area contributed by atoms with Crippen LogP contribution >= 0.6 is 11.6 Å². The van der Waals surface area contributed by atoms with Gasteiger partial charge in [-0.1, -0.05) is 36.6 Å². The first-order valence-electron chi connectivity index (χ1n) is 12.1. The lowest BCUT2D eigenvalue weighted by molar-refractivity contribution is -0.139. The standard InChI is InChI=1S/C26H34ClN3O6S/c1-18(26(32)28-21-10-5-6-11-21)29(16-19-8-7-9-20(27)14-19)25(31)17-30(37(4,33)34)23-15-22(35-2)12-13-24(23)36-3/h7-9,12-15,18,21H,5-6,10-11,16-17H2,1-4H3,(H,28,32). The minimum absolute atomic E-state index is 0.0749. The first kappa shape index (κ1) is 28.6. The van der Waals surface area contributed by atoms with Gasteiger partial charge in [0, 0.05) is 23.7 Å². The van der Waals surface area contributed by atoms with Gasteiger partial charge in [0.15, 0.2) is 0 Å². The highest BCUT2D eigenvalue weighted by molar-refractivity contribution is 7.92. The molecule has 0 radical (unpaired) electrons. The number of carbonyl (C=O) groups is 2. The number of sulfonamides is 1. The topological polar surface area (TPSA) is 105 Å². The predicted octanol–water partition coefficient (Wildman–Crippen LogP) is 3.60. The normalized spacial score (nSPS) is 14.6. The molecule has 1 aliphatic rings. The van der Waals surface area contributed by atoms with Crippen LogP contribution in [0.15, 0.2) is 42.5 Å². The van der Waals surface area contributed by atoms with Crippen molar-refractivity contribution >= 4 is 39.1 Å². The van der Waals surface area contributed by atoms with Crippen molar-refractivity contribution in [3.8, 4) is 11.5 Å². The second-order valence-corrected chi connectivity index (χ2v) is 11.5. The number of hydrogen-bond donors (Lipinski definition) is 1. The van der Waals surface area contributed by atoms with E-state index in [1.807, 2.05) is 0 Å². The number of halogens is 1. The van der Waals surface area contributed by atoms with Crippen LogP contribution in [0.25, 0.3) is 0 Å². The van der Waals surface area contributed by atoms with Crippen LogP contribution in [0, 0.1) is 0 Å². The number of carbonyl (C=O) groups excluding carboxylic acids is 2. The van der Waals surface area contributed by atoms with Crippen molar-refractivity contribution in [1.82, 2.24) is 10.2 Å². The minimum Gasteiger partial charge on any atom is -0.497 e. The van der Waals surface area contributed by atoms with E-state index < -0.39 is 28.5 Å². The third-order valence-electron chi connectivity index (χ3n) is 6.44. The molecule has 1 atom stereocenters. The summed E-state index contributed by atoms with van der Waals surface area (Å²) < 4.78 is 37.3. The summed E-state index contributed by atoms with van der Waals surface area (Å²) in [4.78, 5) is 28.2. The number of amides is 2. The smallest absolute Gasteiger partial charge is 0.244 e. The summed E-state index contributed by atoms with van der Waals surface area (Å²) in [6.07, 6.45) is 4.92. The van der Waals surface area contributed by atoms with Gasteiger partial charge < -0.3 is 19.7 Å². The lowest BCUT2D eigenvalue weighted by Crippen LogP contribution is -2.52. The Hall–Kier alpha value is -2.98. The fourth-order valence-corrected chi connectivity index (χ4v) is 5.45. The molecule has 1 fully saturated rings. The third kappa shape index (κ3) is 7.52. The van der Waals surface area contributed by atoms with E-state index >= 15 is 0 Å². The Morgan fingerprint density at radius 3 is 2.41 bits per heavy atom. The Labute approximate surface area is 223 Å². The third-order valence-corrected chi connectivity index (χ3v) is 7.81. The van der Waals surface area contributed by atoms with Crippen LogP contribution in [0.4, 0.5) is 5.69 Å². The fraction of sp³-hybridized carbons (Fsp3) is 0.462. The van der Waals surface area contributed by atoms with Gasteiger partial charge in [-0.25, -0.2) is 8.42 Å². The highest BCUT2D eigenvalue weighted by atomic mass is 35.5. The molecule has 1 N–H and O–H groups in total. The molecule has 11 heteroatoms. The Kier molecular flexibility index (Phi) is 9.67. The fourth-order valence-electron chi connectivity index (χ4n) is 4.39. The molecule has 0 aromatic heterocycles. The molecule has 37 heavy (non-hydrogen) atoms. The molecule has 2 aromatic carbocycles. The van der Waals surface area contributed by atoms with Crippen LogP contribution in [0.3, 0.4) is 0 Å². The molecule has 2 amide bonds. The van der Waals surface area contributed by atoms with Crippen molar-refractivity contribution in [1.29, 1.82) is 0 Å². The molecule has 3 rings (SSSR count). The van der Waals surface area contributed by atoms with Gasteiger partial charge in [-0.05, 0) is 49.6 Å². The van der Waals surface area contributed by atoms with E-state index in [-0.39, 0.29) is 29.9 Å². The maximum absolute atomic E-state index is 13.7. The summed E-state index contributed by atoms with van der Waals surface area (Å²) >= 11 is 6.15. The van der Waals surface area contributed by atoms with Gasteiger partial charge >= 0.3 is 0 Å². The molecular formula is C26H34ClN3O6S. The molecule has 9 nitrogen and oxygen atoms in total. The second kappa shape index (κ2) is 12.5. The molecule has 0 saturated heterocycles. The first-order valence-corrected chi connectivity index (χ1v) is 14.3. The molecule has 2 aromatic rings. The lowest BCUT2D eigenvalue weighted by Gasteiger charge is -2.32. The van der Waals surface area contributed by atoms with Gasteiger partial charge in [0.25, 0.3) is 0 Å². The van der Waals surface area contributed by atoms with Crippen LogP contribution in [0.5, 0.6) is 11.5 Å². The predicted molar refractivity (Wildman–Crippen MR) is 144 cm³/mol. The van der Waals surface area contributed by atoms with E-state index in [4.69, 9.17) is 21.1 Å². The number of ether oxygens (including phenoxy) is 2. The minimum atomic E-state index is -3.92. The van der Waals surface area contributed by atoms with Gasteiger partial charge in [0.2, 0.25) is 21.8 Å². The number of benzene rings is 2. The zero-order valence-electron chi connectivity index (χ0n) is 21.6. The summed E-state index contributed by atoms with van der Waals surface area (Å²) in [5.74, 6) is -0.180. The highest BCUT2D eigenvalue weighted by Crippen LogP contribution is 2.34. The summed E-state index contributed by atoms with van der Waals surface area (Å²) in [6.45, 7) is 1.18. The quantitative estimate of drug-likeness (QED) is 0.457. The molecule has 0 bridgehead atoms. The summed E-state index contributed by atoms with van der Waals surface area (Å²) in [7, 11) is -1.05. The number of hydrogen-bond acceptors (Lipinski definition) is 6. The monoisotopic (exact) mass is 551 g/mol. The molecule has 202 valence electrons. The lowest BCUT2D eigenvalue weighted by atomic mass is 10.1. The van der Waals surface area contributed by atoms with Gasteiger partial charge in [0.05, 0.1) is 26.2 Å². The van der Waals surface area contributed by atoms with E-state index in [1.54, 1.807) is 43.3 Å². The first-order chi connectivity index (χ1) is 17.5. The molecule has 0 spiro atoms. The van der Waals surface area contributed by atoms with Crippen molar-refractivity contribution in [3.63, 3.8) is 0 Å². The van der Waals surface area contributed by atoms with E-state index in [0.717, 1.165) is 36.2 Å². The van der Waals surface area contributed by atoms with Crippen LogP contribution in [0.1, 0.15) is 38.2 Å². The molecule has 1 aliphatic carbocycles. The van der Waals surface area contributed by atoms with Gasteiger partial charge in [-0.15, -0.1) is 0 Å². The van der Waals surface area contributed by atoms with E-state index in [9.17, 15) is 18.0 Å². The maximum Gasteiger partial charge on any atom is 0.244 e. The zero-order valence-corrected chi connectivity index (χ0v) is 23.1. The Morgan fingerprint density at radius 2 is 1.81 bits per heavy atom. The van der Waals surface area contributed by atoms with Crippen molar-refractivity contribution in [2.24, 2.45) is 0 Å². The van der Waals surface area contributed by atoms with Gasteiger partial charge in [-0.3, -0.25) is 13.9 Å². The zero-order chi connectivity index (χ0) is 27.2. The number of nitrogens with zero attached hydrogens (tertiary/aromatic N) is 2. The Balaban J connectivity index is 1.94. The van der Waals surface area contributed by atoms with Crippen molar-refractivity contribution in [2.75, 3.05) is 31.3 Å². The van der Waals surface area contributed by atoms with Crippen LogP contribution in [-0.2, 0) is 26.2 Å². The highest BCUT2D eigenvalue weighted by Gasteiger charge is 2.32.